The number of ether oxygens (including phenoxy) is 5. The number of amides is 4. The molecule has 23 nitrogen and oxygen atoms in total. The van der Waals surface area contributed by atoms with Gasteiger partial charge in [-0.05, 0) is 198 Å². The number of carboxylic acids is 3. The topological polar surface area (TPSA) is 328 Å². The van der Waals surface area contributed by atoms with Crippen molar-refractivity contribution in [2.24, 2.45) is 5.92 Å². The summed E-state index contributed by atoms with van der Waals surface area (Å²) in [4.78, 5) is 104. The maximum Gasteiger partial charge on any atom is 0.337 e. The number of unbranched alkanes of at least 4 members (excludes halogenated alkanes) is 2. The maximum absolute atomic E-state index is 13.8. The van der Waals surface area contributed by atoms with Crippen LogP contribution >= 0.6 is 0 Å². The number of ketones is 1. The Bertz CT molecular complexity index is 5080. The van der Waals surface area contributed by atoms with E-state index in [4.69, 9.17) is 23.7 Å². The van der Waals surface area contributed by atoms with Crippen LogP contribution in [0, 0.1) is 5.92 Å². The number of nitrogens with one attached hydrogen (secondary N) is 7. The number of methoxy groups -OCH3 is 4. The first kappa shape index (κ1) is 82.1. The molecular weight excluding hydrogens is 1440 g/mol. The van der Waals surface area contributed by atoms with E-state index >= 15 is 0 Å². The second-order valence-corrected chi connectivity index (χ2v) is 27.6. The molecule has 0 fully saturated rings. The minimum absolute atomic E-state index is 0.0163. The van der Waals surface area contributed by atoms with Gasteiger partial charge in [-0.25, -0.2) is 9.59 Å². The molecule has 0 spiro atoms. The number of Topliss-reactive ketones (excluding diaryl/α,β-unsaturated/α-hetero) is 1. The summed E-state index contributed by atoms with van der Waals surface area (Å²) in [6.45, 7) is 6.58. The number of benzene rings is 10. The number of rotatable bonds is 40. The average molecular weight is 1530 g/mol. The molecule has 0 aliphatic carbocycles. The van der Waals surface area contributed by atoms with Crippen molar-refractivity contribution in [1.29, 1.82) is 0 Å². The summed E-state index contributed by atoms with van der Waals surface area (Å²) in [5, 5.41) is 50.9. The van der Waals surface area contributed by atoms with Gasteiger partial charge in [0.05, 0.1) is 91.7 Å². The van der Waals surface area contributed by atoms with Crippen LogP contribution in [0.15, 0.2) is 218 Å². The first-order valence-corrected chi connectivity index (χ1v) is 37.2. The van der Waals surface area contributed by atoms with Crippen LogP contribution in [0.2, 0.25) is 0 Å². The van der Waals surface area contributed by atoms with E-state index in [1.807, 2.05) is 103 Å². The van der Waals surface area contributed by atoms with Crippen LogP contribution in [0.1, 0.15) is 141 Å². The number of hydrogen-bond acceptors (Lipinski definition) is 16. The van der Waals surface area contributed by atoms with Crippen molar-refractivity contribution in [3.8, 4) is 56.8 Å². The molecule has 0 heterocycles. The predicted octanol–water partition coefficient (Wildman–Crippen LogP) is 16.8. The number of carboxylic acid groups (broad SMARTS) is 3. The number of carbonyl (C=O) groups excluding carboxylic acids is 5. The highest BCUT2D eigenvalue weighted by Gasteiger charge is 2.26. The van der Waals surface area contributed by atoms with Crippen molar-refractivity contribution in [2.45, 2.75) is 90.0 Å². The Hall–Kier alpha value is -13.4. The number of aliphatic carboxylic acids is 2. The molecule has 4 amide bonds. The fraction of sp³-hybridized carbons (Fsp3) is 0.244. The van der Waals surface area contributed by atoms with Crippen LogP contribution in [0.25, 0.3) is 22.3 Å². The van der Waals surface area contributed by atoms with Crippen LogP contribution in [-0.4, -0.2) is 117 Å². The van der Waals surface area contributed by atoms with Crippen LogP contribution in [0.3, 0.4) is 0 Å². The highest BCUT2D eigenvalue weighted by atomic mass is 16.5. The van der Waals surface area contributed by atoms with Gasteiger partial charge in [-0.1, -0.05) is 130 Å². The van der Waals surface area contributed by atoms with Crippen molar-refractivity contribution in [2.75, 3.05) is 64.0 Å². The number of carbonyl (C=O) groups is 8. The largest absolute Gasteiger partial charge is 0.496 e. The number of anilines is 6. The van der Waals surface area contributed by atoms with Crippen LogP contribution in [0.4, 0.5) is 34.1 Å². The SMILES string of the molecule is CCC(C)(C)c1ccc(Oc2cccc(C(=O)NC(CCCCNC(=O)c3ccccc3Nc3ccc(-c4ccc(Nc5ccccc5C(=O)NCC(=O)CC(CCCCNC(=O)c5ccccc5Cc5ccc(-c6ccc(Nc7ccccc7C(=O)O)c(OC)c6)cc5OC)C(=O)O)c(OC)c4)cc3OC)C(=O)O)c2)cc1. The van der Waals surface area contributed by atoms with Crippen molar-refractivity contribution in [1.82, 2.24) is 21.3 Å². The van der Waals surface area contributed by atoms with E-state index in [-0.39, 0.29) is 66.3 Å². The van der Waals surface area contributed by atoms with Crippen LogP contribution < -0.4 is 60.9 Å². The summed E-state index contributed by atoms with van der Waals surface area (Å²) in [6, 6.07) is 63.1. The highest BCUT2D eigenvalue weighted by molar-refractivity contribution is 6.03. The van der Waals surface area contributed by atoms with Gasteiger partial charge in [0.15, 0.2) is 5.78 Å². The third kappa shape index (κ3) is 22.0. The standard InChI is InChI=1S/C90H93N7O16/c1-8-90(2,3)64-39-41-66(42-40-64)113-67-25-21-24-62(50-67)83(99)97-78(89(107)108)33-18-20-47-92-85(101)69-27-11-14-30-72(69)94-75-43-37-58(53-80(75)110-5)59-38-44-76(81(54-59)111-6)95-73-31-15-12-28-70(73)86(102)93-55-65(98)49-63(87(103)104)23-17-19-46-91-84(100)68-26-10-9-22-60(68)48-61-35-34-56(51-79(61)109-4)57-36-45-77(82(52-57)112-7)96-74-32-16-13-29-71(74)88(105)106/h9-16,21-22,24-32,34-45,50-54,63,78,94-96H,8,17-20,23,33,46-49,55H2,1-7H3,(H,91,100)(H,92,101)(H,93,102)(H,97,99)(H,103,104)(H,105,106)(H,107,108). The molecule has 23 heteroatoms. The monoisotopic (exact) mass is 1530 g/mol. The summed E-state index contributed by atoms with van der Waals surface area (Å²) in [5.74, 6) is -3.61. The number of hydrogen-bond donors (Lipinski definition) is 10. The Labute approximate surface area is 656 Å². The Balaban J connectivity index is 0.663. The molecule has 10 rings (SSSR count). The van der Waals surface area contributed by atoms with Crippen molar-refractivity contribution in [3.05, 3.63) is 263 Å². The molecular formula is C90H93N7O16. The lowest BCUT2D eigenvalue weighted by Gasteiger charge is -2.23. The van der Waals surface area contributed by atoms with E-state index in [9.17, 15) is 53.7 Å². The second-order valence-electron chi connectivity index (χ2n) is 27.6. The molecule has 2 atom stereocenters. The van der Waals surface area contributed by atoms with E-state index < -0.39 is 54.0 Å². The normalized spacial score (nSPS) is 11.5. The minimum atomic E-state index is -1.18. The molecule has 10 aromatic carbocycles. The van der Waals surface area contributed by atoms with Crippen molar-refractivity contribution >= 4 is 81.4 Å². The molecule has 0 aromatic heterocycles. The van der Waals surface area contributed by atoms with Gasteiger partial charge < -0.3 is 76.2 Å². The van der Waals surface area contributed by atoms with Crippen molar-refractivity contribution in [3.63, 3.8) is 0 Å². The van der Waals surface area contributed by atoms with Gasteiger partial charge >= 0.3 is 17.9 Å². The van der Waals surface area contributed by atoms with E-state index in [0.29, 0.717) is 112 Å². The zero-order valence-corrected chi connectivity index (χ0v) is 64.1. The third-order valence-corrected chi connectivity index (χ3v) is 19.7. The van der Waals surface area contributed by atoms with Gasteiger partial charge in [-0.2, -0.15) is 0 Å². The molecule has 10 N–H and O–H groups in total. The molecule has 584 valence electrons. The first-order chi connectivity index (χ1) is 54.6. The zero-order chi connectivity index (χ0) is 80.6. The van der Waals surface area contributed by atoms with E-state index in [1.165, 1.54) is 33.0 Å². The maximum atomic E-state index is 13.8. The summed E-state index contributed by atoms with van der Waals surface area (Å²) >= 11 is 0. The lowest BCUT2D eigenvalue weighted by molar-refractivity contribution is -0.144. The molecule has 10 aromatic rings. The molecule has 0 bridgehead atoms. The van der Waals surface area contributed by atoms with E-state index in [1.54, 1.807) is 116 Å². The van der Waals surface area contributed by atoms with Crippen LogP contribution in [-0.2, 0) is 26.2 Å². The molecule has 0 aliphatic heterocycles. The van der Waals surface area contributed by atoms with E-state index in [0.717, 1.165) is 39.8 Å². The van der Waals surface area contributed by atoms with Gasteiger partial charge in [0.2, 0.25) is 0 Å². The summed E-state index contributed by atoms with van der Waals surface area (Å²) in [7, 11) is 6.16. The van der Waals surface area contributed by atoms with Gasteiger partial charge in [-0.3, -0.25) is 28.8 Å². The Morgan fingerprint density at radius 2 is 0.867 bits per heavy atom. The molecule has 0 saturated carbocycles. The summed E-state index contributed by atoms with van der Waals surface area (Å²) in [6.07, 6.45) is 3.00. The number of para-hydroxylation sites is 3. The quantitative estimate of drug-likeness (QED) is 0.0160. The van der Waals surface area contributed by atoms with Gasteiger partial charge in [-0.15, -0.1) is 0 Å². The second kappa shape index (κ2) is 39.3. The predicted molar refractivity (Wildman–Crippen MR) is 436 cm³/mol. The smallest absolute Gasteiger partial charge is 0.337 e. The molecule has 113 heavy (non-hydrogen) atoms. The molecule has 0 radical (unpaired) electrons. The lowest BCUT2D eigenvalue weighted by Crippen LogP contribution is -2.40. The molecule has 0 saturated heterocycles. The fourth-order valence-electron chi connectivity index (χ4n) is 12.9. The third-order valence-electron chi connectivity index (χ3n) is 19.7. The Morgan fingerprint density at radius 3 is 1.37 bits per heavy atom. The van der Waals surface area contributed by atoms with Gasteiger partial charge in [0.25, 0.3) is 23.6 Å². The summed E-state index contributed by atoms with van der Waals surface area (Å²) in [5.41, 5.74) is 10.4. The molecule has 2 unspecified atom stereocenters. The van der Waals surface area contributed by atoms with E-state index in [2.05, 4.69) is 58.0 Å². The lowest BCUT2D eigenvalue weighted by atomic mass is 9.82. The Kier molecular flexibility index (Phi) is 28.5. The van der Waals surface area contributed by atoms with Gasteiger partial charge in [0.1, 0.15) is 40.5 Å². The zero-order valence-electron chi connectivity index (χ0n) is 64.1. The van der Waals surface area contributed by atoms with Crippen molar-refractivity contribution < 1.29 is 77.4 Å². The van der Waals surface area contributed by atoms with Gasteiger partial charge in [0, 0.05) is 37.1 Å². The number of aromatic carboxylic acids is 1. The average Bonchev–Trinajstić information content (AvgIpc) is 0.812. The van der Waals surface area contributed by atoms with Crippen LogP contribution in [0.5, 0.6) is 34.5 Å². The minimum Gasteiger partial charge on any atom is -0.496 e. The molecule has 0 aliphatic rings. The Morgan fingerprint density at radius 1 is 0.407 bits per heavy atom. The highest BCUT2D eigenvalue weighted by Crippen LogP contribution is 2.40. The first-order valence-electron chi connectivity index (χ1n) is 37.2. The fourth-order valence-corrected chi connectivity index (χ4v) is 12.9. The summed E-state index contributed by atoms with van der Waals surface area (Å²) < 4.78 is 29.3.